The maximum atomic E-state index is 5.24. The molecule has 0 aliphatic rings. The van der Waals surface area contributed by atoms with Gasteiger partial charge in [-0.05, 0) is 56.2 Å². The summed E-state index contributed by atoms with van der Waals surface area (Å²) in [5.74, 6) is 0. The molecule has 3 heteroatoms. The number of benzene rings is 1. The highest BCUT2D eigenvalue weighted by Gasteiger charge is 2.01. The van der Waals surface area contributed by atoms with E-state index in [1.807, 2.05) is 17.7 Å². The van der Waals surface area contributed by atoms with Crippen molar-refractivity contribution < 1.29 is 0 Å². The molecule has 1 heterocycles. The van der Waals surface area contributed by atoms with E-state index in [2.05, 4.69) is 37.0 Å². The molecule has 78 valence electrons. The van der Waals surface area contributed by atoms with Gasteiger partial charge in [-0.3, -0.25) is 4.57 Å². The molecule has 0 aliphatic heterocycles. The minimum absolute atomic E-state index is 0.746. The number of hydrogen-bond donors (Lipinski definition) is 1. The molecular formula is C12H14N2S. The Morgan fingerprint density at radius 1 is 1.13 bits per heavy atom. The predicted molar refractivity (Wildman–Crippen MR) is 65.2 cm³/mol. The number of nitrogens with one attached hydrogen (secondary N) is 1. The number of imidazole rings is 1. The van der Waals surface area contributed by atoms with Crippen molar-refractivity contribution in [2.45, 2.75) is 20.8 Å². The Bertz CT molecular complexity index is 549. The highest BCUT2D eigenvalue weighted by molar-refractivity contribution is 7.71. The third-order valence-corrected chi connectivity index (χ3v) is 2.91. The lowest BCUT2D eigenvalue weighted by atomic mass is 10.1. The summed E-state index contributed by atoms with van der Waals surface area (Å²) in [6.45, 7) is 6.23. The fourth-order valence-electron chi connectivity index (χ4n) is 1.58. The summed E-state index contributed by atoms with van der Waals surface area (Å²) in [5.41, 5.74) is 4.79. The summed E-state index contributed by atoms with van der Waals surface area (Å²) in [7, 11) is 0. The highest BCUT2D eigenvalue weighted by Crippen LogP contribution is 2.15. The molecule has 15 heavy (non-hydrogen) atoms. The Labute approximate surface area is 94.6 Å². The van der Waals surface area contributed by atoms with Crippen molar-refractivity contribution in [2.75, 3.05) is 0 Å². The molecule has 2 nitrogen and oxygen atoms in total. The summed E-state index contributed by atoms with van der Waals surface area (Å²) >= 11 is 5.24. The Hall–Kier alpha value is -1.35. The molecule has 1 N–H and O–H groups in total. The highest BCUT2D eigenvalue weighted by atomic mass is 32.1. The van der Waals surface area contributed by atoms with Crippen LogP contribution in [0.1, 0.15) is 16.8 Å². The minimum atomic E-state index is 0.746. The molecule has 0 saturated carbocycles. The number of aryl methyl sites for hydroxylation is 3. The number of H-pyrrole nitrogens is 1. The van der Waals surface area contributed by atoms with Crippen LogP contribution in [0, 0.1) is 25.5 Å². The van der Waals surface area contributed by atoms with Crippen LogP contribution in [0.3, 0.4) is 0 Å². The van der Waals surface area contributed by atoms with Crippen LogP contribution in [0.25, 0.3) is 5.69 Å². The van der Waals surface area contributed by atoms with Crippen LogP contribution in [-0.2, 0) is 0 Å². The molecule has 2 aromatic rings. The van der Waals surface area contributed by atoms with E-state index >= 15 is 0 Å². The SMILES string of the molecule is Cc1cn(-c2ccc(C)c(C)c2)c(=S)[nH]1. The number of nitrogens with zero attached hydrogens (tertiary/aromatic N) is 1. The van der Waals surface area contributed by atoms with Crippen molar-refractivity contribution in [1.82, 2.24) is 9.55 Å². The van der Waals surface area contributed by atoms with Gasteiger partial charge in [0.15, 0.2) is 4.77 Å². The van der Waals surface area contributed by atoms with Crippen LogP contribution in [0.5, 0.6) is 0 Å². The summed E-state index contributed by atoms with van der Waals surface area (Å²) in [4.78, 5) is 3.12. The smallest absolute Gasteiger partial charge is 0.181 e. The van der Waals surface area contributed by atoms with Gasteiger partial charge in [-0.15, -0.1) is 0 Å². The lowest BCUT2D eigenvalue weighted by Crippen LogP contribution is -1.93. The Kier molecular flexibility index (Phi) is 2.49. The van der Waals surface area contributed by atoms with Gasteiger partial charge in [-0.1, -0.05) is 6.07 Å². The summed E-state index contributed by atoms with van der Waals surface area (Å²) < 4.78 is 2.74. The lowest BCUT2D eigenvalue weighted by Gasteiger charge is -2.05. The topological polar surface area (TPSA) is 20.7 Å². The molecule has 0 bridgehead atoms. The van der Waals surface area contributed by atoms with Gasteiger partial charge in [0.2, 0.25) is 0 Å². The fraction of sp³-hybridized carbons (Fsp3) is 0.250. The molecule has 0 spiro atoms. The van der Waals surface area contributed by atoms with Gasteiger partial charge >= 0.3 is 0 Å². The van der Waals surface area contributed by atoms with Gasteiger partial charge < -0.3 is 4.98 Å². The van der Waals surface area contributed by atoms with Gasteiger partial charge in [-0.2, -0.15) is 0 Å². The number of aromatic amines is 1. The molecule has 0 amide bonds. The number of hydrogen-bond acceptors (Lipinski definition) is 1. The molecule has 0 radical (unpaired) electrons. The molecule has 0 saturated heterocycles. The zero-order valence-electron chi connectivity index (χ0n) is 9.16. The van der Waals surface area contributed by atoms with Crippen LogP contribution in [0.2, 0.25) is 0 Å². The minimum Gasteiger partial charge on any atom is -0.335 e. The first-order chi connectivity index (χ1) is 7.08. The van der Waals surface area contributed by atoms with E-state index in [-0.39, 0.29) is 0 Å². The molecule has 2 rings (SSSR count). The van der Waals surface area contributed by atoms with Crippen molar-refractivity contribution in [3.05, 3.63) is 46.0 Å². The molecular weight excluding hydrogens is 204 g/mol. The first kappa shape index (κ1) is 10.2. The maximum Gasteiger partial charge on any atom is 0.181 e. The summed E-state index contributed by atoms with van der Waals surface area (Å²) in [5, 5.41) is 0. The van der Waals surface area contributed by atoms with Gasteiger partial charge in [0, 0.05) is 17.6 Å². The van der Waals surface area contributed by atoms with E-state index in [1.165, 1.54) is 11.1 Å². The van der Waals surface area contributed by atoms with Crippen LogP contribution in [0.15, 0.2) is 24.4 Å². The third-order valence-electron chi connectivity index (χ3n) is 2.61. The molecule has 0 fully saturated rings. The van der Waals surface area contributed by atoms with Crippen molar-refractivity contribution in [3.63, 3.8) is 0 Å². The predicted octanol–water partition coefficient (Wildman–Crippen LogP) is 3.46. The molecule has 0 aliphatic carbocycles. The standard InChI is InChI=1S/C12H14N2S/c1-8-4-5-11(6-9(8)2)14-7-10(3)13-12(14)15/h4-7H,1-3H3,(H,13,15). The monoisotopic (exact) mass is 218 g/mol. The van der Waals surface area contributed by atoms with E-state index in [0.29, 0.717) is 0 Å². The van der Waals surface area contributed by atoms with Crippen molar-refractivity contribution in [2.24, 2.45) is 0 Å². The first-order valence-corrected chi connectivity index (χ1v) is 5.34. The van der Waals surface area contributed by atoms with Crippen molar-refractivity contribution in [1.29, 1.82) is 0 Å². The molecule has 0 atom stereocenters. The van der Waals surface area contributed by atoms with E-state index < -0.39 is 0 Å². The van der Waals surface area contributed by atoms with Crippen LogP contribution < -0.4 is 0 Å². The lowest BCUT2D eigenvalue weighted by molar-refractivity contribution is 1.03. The average Bonchev–Trinajstić information content (AvgIpc) is 2.50. The summed E-state index contributed by atoms with van der Waals surface area (Å²) in [6, 6.07) is 6.36. The van der Waals surface area contributed by atoms with Gasteiger partial charge in [0.1, 0.15) is 0 Å². The zero-order chi connectivity index (χ0) is 11.0. The van der Waals surface area contributed by atoms with Crippen LogP contribution in [0.4, 0.5) is 0 Å². The molecule has 0 unspecified atom stereocenters. The Morgan fingerprint density at radius 2 is 1.87 bits per heavy atom. The Balaban J connectivity index is 2.59. The van der Waals surface area contributed by atoms with E-state index in [1.54, 1.807) is 0 Å². The largest absolute Gasteiger partial charge is 0.335 e. The first-order valence-electron chi connectivity index (χ1n) is 4.94. The number of aromatic nitrogens is 2. The maximum absolute atomic E-state index is 5.24. The second kappa shape index (κ2) is 3.66. The van der Waals surface area contributed by atoms with E-state index in [0.717, 1.165) is 16.2 Å². The van der Waals surface area contributed by atoms with Crippen molar-refractivity contribution >= 4 is 12.2 Å². The van der Waals surface area contributed by atoms with E-state index in [4.69, 9.17) is 12.2 Å². The van der Waals surface area contributed by atoms with E-state index in [9.17, 15) is 0 Å². The third kappa shape index (κ3) is 1.88. The summed E-state index contributed by atoms with van der Waals surface area (Å²) in [6.07, 6.45) is 2.02. The quantitative estimate of drug-likeness (QED) is 0.727. The van der Waals surface area contributed by atoms with Crippen LogP contribution in [-0.4, -0.2) is 9.55 Å². The van der Waals surface area contributed by atoms with Crippen molar-refractivity contribution in [3.8, 4) is 5.69 Å². The molecule has 1 aromatic heterocycles. The average molecular weight is 218 g/mol. The molecule has 1 aromatic carbocycles. The normalized spacial score (nSPS) is 10.6. The van der Waals surface area contributed by atoms with Gasteiger partial charge in [0.05, 0.1) is 0 Å². The van der Waals surface area contributed by atoms with Gasteiger partial charge in [-0.25, -0.2) is 0 Å². The van der Waals surface area contributed by atoms with Gasteiger partial charge in [0.25, 0.3) is 0 Å². The Morgan fingerprint density at radius 3 is 2.40 bits per heavy atom. The van der Waals surface area contributed by atoms with Crippen LogP contribution >= 0.6 is 12.2 Å². The number of rotatable bonds is 1. The second-order valence-corrected chi connectivity index (χ2v) is 4.27. The second-order valence-electron chi connectivity index (χ2n) is 3.88. The fourth-order valence-corrected chi connectivity index (χ4v) is 1.90. The zero-order valence-corrected chi connectivity index (χ0v) is 9.98.